The number of thiophene rings is 1. The van der Waals surface area contributed by atoms with Crippen molar-refractivity contribution in [2.45, 2.75) is 6.92 Å². The molecule has 0 aliphatic carbocycles. The fourth-order valence-electron chi connectivity index (χ4n) is 1.99. The molecule has 0 aliphatic heterocycles. The summed E-state index contributed by atoms with van der Waals surface area (Å²) in [6.07, 6.45) is 1.76. The molecule has 3 rings (SSSR count). The molecule has 0 saturated carbocycles. The third-order valence-corrected chi connectivity index (χ3v) is 4.70. The third-order valence-electron chi connectivity index (χ3n) is 3.00. The highest BCUT2D eigenvalue weighted by Crippen LogP contribution is 2.32. The third kappa shape index (κ3) is 3.12. The van der Waals surface area contributed by atoms with Gasteiger partial charge in [-0.15, -0.1) is 22.7 Å². The summed E-state index contributed by atoms with van der Waals surface area (Å²) in [7, 11) is 1.75. The van der Waals surface area contributed by atoms with E-state index in [-0.39, 0.29) is 11.6 Å². The zero-order valence-corrected chi connectivity index (χ0v) is 13.8. The van der Waals surface area contributed by atoms with Crippen molar-refractivity contribution in [3.63, 3.8) is 0 Å². The molecule has 0 aromatic carbocycles. The highest BCUT2D eigenvalue weighted by atomic mass is 32.1. The lowest BCUT2D eigenvalue weighted by atomic mass is 10.3. The molecule has 0 aliphatic rings. The lowest BCUT2D eigenvalue weighted by Crippen LogP contribution is -2.13. The second-order valence-electron chi connectivity index (χ2n) is 4.75. The molecule has 3 aromatic heterocycles. The largest absolute Gasteiger partial charge is 0.296 e. The van der Waals surface area contributed by atoms with Gasteiger partial charge in [-0.05, 0) is 6.92 Å². The van der Waals surface area contributed by atoms with Gasteiger partial charge in [-0.3, -0.25) is 24.9 Å². The Morgan fingerprint density at radius 3 is 2.78 bits per heavy atom. The highest BCUT2D eigenvalue weighted by Gasteiger charge is 2.17. The van der Waals surface area contributed by atoms with E-state index in [4.69, 9.17) is 0 Å². The molecule has 3 aromatic rings. The first kappa shape index (κ1) is 15.3. The van der Waals surface area contributed by atoms with Crippen molar-refractivity contribution in [2.24, 2.45) is 7.05 Å². The molecule has 1 amide bonds. The van der Waals surface area contributed by atoms with Gasteiger partial charge in [-0.1, -0.05) is 0 Å². The Hall–Kier alpha value is -2.59. The maximum atomic E-state index is 12.2. The molecule has 0 radical (unpaired) electrons. The van der Waals surface area contributed by atoms with Crippen molar-refractivity contribution in [1.29, 1.82) is 0 Å². The van der Waals surface area contributed by atoms with Gasteiger partial charge in [0.1, 0.15) is 0 Å². The predicted molar refractivity (Wildman–Crippen MR) is 88.0 cm³/mol. The molecular weight excluding hydrogens is 338 g/mol. The molecule has 0 spiro atoms. The molecular formula is C13H11N5O3S2. The average molecular weight is 349 g/mol. The van der Waals surface area contributed by atoms with Crippen LogP contribution >= 0.6 is 22.7 Å². The first-order valence-corrected chi connectivity index (χ1v) is 8.20. The number of nitro groups is 1. The Morgan fingerprint density at radius 1 is 1.39 bits per heavy atom. The number of carbonyl (C=O) groups excluding carboxylic acids is 1. The van der Waals surface area contributed by atoms with E-state index < -0.39 is 4.92 Å². The Morgan fingerprint density at radius 2 is 2.17 bits per heavy atom. The lowest BCUT2D eigenvalue weighted by Gasteiger charge is -1.98. The molecule has 3 heterocycles. The monoisotopic (exact) mass is 349 g/mol. The zero-order valence-electron chi connectivity index (χ0n) is 12.1. The summed E-state index contributed by atoms with van der Waals surface area (Å²) in [4.78, 5) is 27.4. The van der Waals surface area contributed by atoms with E-state index in [0.717, 1.165) is 5.56 Å². The Balaban J connectivity index is 1.77. The van der Waals surface area contributed by atoms with E-state index in [0.29, 0.717) is 21.4 Å². The number of aromatic nitrogens is 3. The van der Waals surface area contributed by atoms with Gasteiger partial charge in [-0.25, -0.2) is 4.98 Å². The maximum Gasteiger partial charge on any atom is 0.280 e. The number of hydrogen-bond donors (Lipinski definition) is 1. The van der Waals surface area contributed by atoms with Crippen LogP contribution < -0.4 is 5.32 Å². The first-order valence-electron chi connectivity index (χ1n) is 6.44. The van der Waals surface area contributed by atoms with Crippen LogP contribution in [0.3, 0.4) is 0 Å². The Kier molecular flexibility index (Phi) is 3.92. The van der Waals surface area contributed by atoms with E-state index in [1.54, 1.807) is 30.2 Å². The molecule has 8 nitrogen and oxygen atoms in total. The van der Waals surface area contributed by atoms with Crippen LogP contribution in [-0.4, -0.2) is 25.6 Å². The zero-order chi connectivity index (χ0) is 16.6. The lowest BCUT2D eigenvalue weighted by molar-refractivity contribution is -0.384. The summed E-state index contributed by atoms with van der Waals surface area (Å²) in [6.45, 7) is 1.81. The smallest absolute Gasteiger partial charge is 0.280 e. The molecule has 23 heavy (non-hydrogen) atoms. The summed E-state index contributed by atoms with van der Waals surface area (Å²) in [5, 5.41) is 21.1. The van der Waals surface area contributed by atoms with Crippen LogP contribution in [0, 0.1) is 17.0 Å². The van der Waals surface area contributed by atoms with Gasteiger partial charge in [0.25, 0.3) is 11.6 Å². The number of nitrogens with one attached hydrogen (secondary N) is 1. The topological polar surface area (TPSA) is 103 Å². The Labute approximate surface area is 138 Å². The highest BCUT2D eigenvalue weighted by molar-refractivity contribution is 7.16. The molecule has 118 valence electrons. The molecule has 0 bridgehead atoms. The molecule has 0 atom stereocenters. The van der Waals surface area contributed by atoms with Crippen LogP contribution in [0.1, 0.15) is 16.1 Å². The van der Waals surface area contributed by atoms with Crippen molar-refractivity contribution in [3.05, 3.63) is 44.4 Å². The van der Waals surface area contributed by atoms with E-state index in [1.807, 2.05) is 0 Å². The molecule has 0 fully saturated rings. The number of carbonyl (C=O) groups is 1. The molecule has 0 saturated heterocycles. The van der Waals surface area contributed by atoms with Crippen molar-refractivity contribution in [3.8, 4) is 10.6 Å². The fourth-order valence-corrected chi connectivity index (χ4v) is 3.58. The number of anilines is 1. The van der Waals surface area contributed by atoms with Crippen molar-refractivity contribution >= 4 is 39.4 Å². The molecule has 1 N–H and O–H groups in total. The number of thiazole rings is 1. The quantitative estimate of drug-likeness (QED) is 0.576. The number of rotatable bonds is 4. The second kappa shape index (κ2) is 5.89. The summed E-state index contributed by atoms with van der Waals surface area (Å²) in [5.41, 5.74) is 1.75. The standard InChI is InChI=1S/C13H11N5O3S2/c1-7-4-17(2)16-11(7)12(19)15-13-14-9(6-23-13)10-3-8(5-22-10)18(20)21/h3-6H,1-2H3,(H,14,15,19). The van der Waals surface area contributed by atoms with Gasteiger partial charge >= 0.3 is 0 Å². The number of hydrogen-bond acceptors (Lipinski definition) is 7. The summed E-state index contributed by atoms with van der Waals surface area (Å²) < 4.78 is 1.57. The van der Waals surface area contributed by atoms with E-state index in [9.17, 15) is 14.9 Å². The normalized spacial score (nSPS) is 10.7. The SMILES string of the molecule is Cc1cn(C)nc1C(=O)Nc1nc(-c2cc([N+](=O)[O-])cs2)cs1. The minimum absolute atomic E-state index is 0.0349. The number of amides is 1. The summed E-state index contributed by atoms with van der Waals surface area (Å²) in [5.74, 6) is -0.332. The van der Waals surface area contributed by atoms with Gasteiger partial charge in [-0.2, -0.15) is 5.10 Å². The van der Waals surface area contributed by atoms with Gasteiger partial charge in [0.15, 0.2) is 10.8 Å². The van der Waals surface area contributed by atoms with Crippen LogP contribution in [-0.2, 0) is 7.05 Å². The van der Waals surface area contributed by atoms with Crippen molar-refractivity contribution in [2.75, 3.05) is 5.32 Å². The van der Waals surface area contributed by atoms with E-state index in [1.165, 1.54) is 34.1 Å². The van der Waals surface area contributed by atoms with Crippen LogP contribution in [0.5, 0.6) is 0 Å². The van der Waals surface area contributed by atoms with Gasteiger partial charge < -0.3 is 0 Å². The fraction of sp³-hybridized carbons (Fsp3) is 0.154. The number of nitrogens with zero attached hydrogens (tertiary/aromatic N) is 4. The van der Waals surface area contributed by atoms with Crippen LogP contribution in [0.25, 0.3) is 10.6 Å². The number of aryl methyl sites for hydroxylation is 2. The predicted octanol–water partition coefficient (Wildman–Crippen LogP) is 3.07. The van der Waals surface area contributed by atoms with E-state index >= 15 is 0 Å². The van der Waals surface area contributed by atoms with Crippen LogP contribution in [0.4, 0.5) is 10.8 Å². The second-order valence-corrected chi connectivity index (χ2v) is 6.52. The summed E-state index contributed by atoms with van der Waals surface area (Å²) in [6, 6.07) is 1.47. The minimum Gasteiger partial charge on any atom is -0.296 e. The van der Waals surface area contributed by atoms with Gasteiger partial charge in [0.2, 0.25) is 0 Å². The van der Waals surface area contributed by atoms with E-state index in [2.05, 4.69) is 15.4 Å². The Bertz CT molecular complexity index is 895. The minimum atomic E-state index is -0.446. The van der Waals surface area contributed by atoms with Crippen molar-refractivity contribution in [1.82, 2.24) is 14.8 Å². The van der Waals surface area contributed by atoms with Gasteiger partial charge in [0, 0.05) is 30.3 Å². The average Bonchev–Trinajstić information content (AvgIpc) is 3.17. The van der Waals surface area contributed by atoms with Crippen LogP contribution in [0.2, 0.25) is 0 Å². The molecule has 10 heteroatoms. The first-order chi connectivity index (χ1) is 10.9. The molecule has 0 unspecified atom stereocenters. The summed E-state index contributed by atoms with van der Waals surface area (Å²) >= 11 is 2.50. The van der Waals surface area contributed by atoms with Crippen molar-refractivity contribution < 1.29 is 9.72 Å². The van der Waals surface area contributed by atoms with Crippen LogP contribution in [0.15, 0.2) is 23.0 Å². The van der Waals surface area contributed by atoms with Gasteiger partial charge in [0.05, 0.1) is 20.9 Å². The maximum absolute atomic E-state index is 12.2.